The van der Waals surface area contributed by atoms with E-state index >= 15 is 0 Å². The topological polar surface area (TPSA) is 64.2 Å². The van der Waals surface area contributed by atoms with Gasteiger partial charge in [0.25, 0.3) is 0 Å². The fourth-order valence-electron chi connectivity index (χ4n) is 3.27. The summed E-state index contributed by atoms with van der Waals surface area (Å²) in [6.45, 7) is 4.28. The number of halogens is 1. The van der Waals surface area contributed by atoms with Gasteiger partial charge in [0.15, 0.2) is 0 Å². The molecule has 1 aromatic carbocycles. The second-order valence-corrected chi connectivity index (χ2v) is 7.13. The molecular weight excluding hydrogens is 374 g/mol. The van der Waals surface area contributed by atoms with Crippen LogP contribution in [0.4, 0.5) is 0 Å². The standard InChI is InChI=1S/C21H20ClN5O/c1-14-19(15(2)27(25-14)18-6-4-3-5-7-18)10-21(28)23-11-17-13-26-12-16(22)8-9-20(26)24-17/h3-9,12-13H,10-11H2,1-2H3,(H,23,28). The van der Waals surface area contributed by atoms with E-state index in [0.29, 0.717) is 11.6 Å². The highest BCUT2D eigenvalue weighted by Gasteiger charge is 2.16. The Kier molecular flexibility index (Phi) is 4.88. The number of aromatic nitrogens is 4. The van der Waals surface area contributed by atoms with Crippen molar-refractivity contribution in [3.05, 3.63) is 82.5 Å². The number of carbonyl (C=O) groups excluding carboxylic acids is 1. The number of para-hydroxylation sites is 1. The lowest BCUT2D eigenvalue weighted by molar-refractivity contribution is -0.120. The van der Waals surface area contributed by atoms with E-state index in [1.807, 2.05) is 65.5 Å². The molecule has 0 saturated heterocycles. The summed E-state index contributed by atoms with van der Waals surface area (Å²) in [5.41, 5.74) is 5.34. The lowest BCUT2D eigenvalue weighted by atomic mass is 10.1. The van der Waals surface area contributed by atoms with Gasteiger partial charge in [-0.15, -0.1) is 0 Å². The van der Waals surface area contributed by atoms with Crippen molar-refractivity contribution in [2.45, 2.75) is 26.8 Å². The van der Waals surface area contributed by atoms with Crippen molar-refractivity contribution in [2.24, 2.45) is 0 Å². The highest BCUT2D eigenvalue weighted by molar-refractivity contribution is 6.30. The maximum Gasteiger partial charge on any atom is 0.224 e. The molecule has 3 heterocycles. The molecule has 0 aliphatic rings. The Hall–Kier alpha value is -3.12. The van der Waals surface area contributed by atoms with Crippen LogP contribution in [0.2, 0.25) is 5.02 Å². The minimum absolute atomic E-state index is 0.0612. The van der Waals surface area contributed by atoms with E-state index in [4.69, 9.17) is 11.6 Å². The summed E-state index contributed by atoms with van der Waals surface area (Å²) in [4.78, 5) is 17.0. The number of imidazole rings is 1. The summed E-state index contributed by atoms with van der Waals surface area (Å²) in [7, 11) is 0. The normalized spacial score (nSPS) is 11.1. The van der Waals surface area contributed by atoms with Gasteiger partial charge in [0, 0.05) is 23.7 Å². The van der Waals surface area contributed by atoms with Crippen molar-refractivity contribution in [3.63, 3.8) is 0 Å². The first-order valence-electron chi connectivity index (χ1n) is 9.01. The highest BCUT2D eigenvalue weighted by atomic mass is 35.5. The summed E-state index contributed by atoms with van der Waals surface area (Å²) in [5, 5.41) is 8.18. The third-order valence-corrected chi connectivity index (χ3v) is 4.93. The maximum atomic E-state index is 12.5. The van der Waals surface area contributed by atoms with E-state index in [2.05, 4.69) is 15.4 Å². The molecule has 0 spiro atoms. The van der Waals surface area contributed by atoms with Gasteiger partial charge >= 0.3 is 0 Å². The van der Waals surface area contributed by atoms with Crippen LogP contribution in [0.3, 0.4) is 0 Å². The van der Waals surface area contributed by atoms with Crippen LogP contribution in [0, 0.1) is 13.8 Å². The lowest BCUT2D eigenvalue weighted by Gasteiger charge is -2.06. The number of benzene rings is 1. The second kappa shape index (κ2) is 7.48. The Morgan fingerprint density at radius 1 is 1.11 bits per heavy atom. The molecule has 4 aromatic rings. The molecule has 1 amide bonds. The quantitative estimate of drug-likeness (QED) is 0.563. The first kappa shape index (κ1) is 18.3. The van der Waals surface area contributed by atoms with E-state index < -0.39 is 0 Å². The Morgan fingerprint density at radius 3 is 2.68 bits per heavy atom. The molecule has 0 radical (unpaired) electrons. The minimum Gasteiger partial charge on any atom is -0.350 e. The maximum absolute atomic E-state index is 12.5. The highest BCUT2D eigenvalue weighted by Crippen LogP contribution is 2.18. The SMILES string of the molecule is Cc1nn(-c2ccccc2)c(C)c1CC(=O)NCc1cn2cc(Cl)ccc2n1. The number of fused-ring (bicyclic) bond motifs is 1. The van der Waals surface area contributed by atoms with Gasteiger partial charge in [-0.25, -0.2) is 9.67 Å². The Bertz CT molecular complexity index is 1150. The fraction of sp³-hybridized carbons (Fsp3) is 0.190. The number of nitrogens with zero attached hydrogens (tertiary/aromatic N) is 4. The third-order valence-electron chi connectivity index (χ3n) is 4.71. The van der Waals surface area contributed by atoms with E-state index in [1.165, 1.54) is 0 Å². The van der Waals surface area contributed by atoms with Crippen molar-refractivity contribution in [1.29, 1.82) is 0 Å². The van der Waals surface area contributed by atoms with Crippen LogP contribution in [-0.4, -0.2) is 25.1 Å². The molecule has 0 unspecified atom stereocenters. The molecule has 0 atom stereocenters. The van der Waals surface area contributed by atoms with Gasteiger partial charge in [0.1, 0.15) is 5.65 Å². The zero-order valence-corrected chi connectivity index (χ0v) is 16.4. The number of aryl methyl sites for hydroxylation is 1. The predicted molar refractivity (Wildman–Crippen MR) is 109 cm³/mol. The largest absolute Gasteiger partial charge is 0.350 e. The van der Waals surface area contributed by atoms with E-state index in [1.54, 1.807) is 12.3 Å². The van der Waals surface area contributed by atoms with Crippen LogP contribution in [0.5, 0.6) is 0 Å². The first-order chi connectivity index (χ1) is 13.5. The smallest absolute Gasteiger partial charge is 0.224 e. The molecule has 0 aliphatic heterocycles. The van der Waals surface area contributed by atoms with Gasteiger partial charge in [-0.1, -0.05) is 29.8 Å². The van der Waals surface area contributed by atoms with Gasteiger partial charge in [0.2, 0.25) is 5.91 Å². The molecule has 6 nitrogen and oxygen atoms in total. The summed E-state index contributed by atoms with van der Waals surface area (Å²) in [5.74, 6) is -0.0612. The molecule has 1 N–H and O–H groups in total. The average Bonchev–Trinajstić information content (AvgIpc) is 3.22. The van der Waals surface area contributed by atoms with Crippen molar-refractivity contribution in [1.82, 2.24) is 24.5 Å². The van der Waals surface area contributed by atoms with Gasteiger partial charge < -0.3 is 9.72 Å². The number of amides is 1. The van der Waals surface area contributed by atoms with Crippen LogP contribution in [0.1, 0.15) is 22.6 Å². The number of hydrogen-bond donors (Lipinski definition) is 1. The second-order valence-electron chi connectivity index (χ2n) is 6.70. The van der Waals surface area contributed by atoms with E-state index in [0.717, 1.165) is 34.0 Å². The van der Waals surface area contributed by atoms with Crippen molar-refractivity contribution in [3.8, 4) is 5.69 Å². The minimum atomic E-state index is -0.0612. The first-order valence-corrected chi connectivity index (χ1v) is 9.39. The molecular formula is C21H20ClN5O. The van der Waals surface area contributed by atoms with Crippen molar-refractivity contribution < 1.29 is 4.79 Å². The Balaban J connectivity index is 1.45. The summed E-state index contributed by atoms with van der Waals surface area (Å²) in [6.07, 6.45) is 3.94. The summed E-state index contributed by atoms with van der Waals surface area (Å²) < 4.78 is 3.73. The molecule has 7 heteroatoms. The van der Waals surface area contributed by atoms with Gasteiger partial charge in [0.05, 0.1) is 35.1 Å². The lowest BCUT2D eigenvalue weighted by Crippen LogP contribution is -2.25. The van der Waals surface area contributed by atoms with Crippen molar-refractivity contribution >= 4 is 23.2 Å². The summed E-state index contributed by atoms with van der Waals surface area (Å²) >= 11 is 6.00. The van der Waals surface area contributed by atoms with E-state index in [9.17, 15) is 4.79 Å². The van der Waals surface area contributed by atoms with Crippen LogP contribution in [0.15, 0.2) is 54.9 Å². The van der Waals surface area contributed by atoms with Gasteiger partial charge in [-0.05, 0) is 38.1 Å². The number of nitrogens with one attached hydrogen (secondary N) is 1. The predicted octanol–water partition coefficient (Wildman–Crippen LogP) is 3.65. The van der Waals surface area contributed by atoms with E-state index in [-0.39, 0.29) is 12.3 Å². The van der Waals surface area contributed by atoms with Gasteiger partial charge in [-0.2, -0.15) is 5.10 Å². The zero-order chi connectivity index (χ0) is 19.7. The number of rotatable bonds is 5. The average molecular weight is 394 g/mol. The van der Waals surface area contributed by atoms with Crippen molar-refractivity contribution in [2.75, 3.05) is 0 Å². The Morgan fingerprint density at radius 2 is 1.89 bits per heavy atom. The van der Waals surface area contributed by atoms with Crippen LogP contribution in [-0.2, 0) is 17.8 Å². The molecule has 0 bridgehead atoms. The van der Waals surface area contributed by atoms with Crippen LogP contribution < -0.4 is 5.32 Å². The Labute approximate surface area is 167 Å². The molecule has 4 rings (SSSR count). The number of carbonyl (C=O) groups is 1. The fourth-order valence-corrected chi connectivity index (χ4v) is 3.43. The third kappa shape index (κ3) is 3.64. The van der Waals surface area contributed by atoms with Gasteiger partial charge in [-0.3, -0.25) is 4.79 Å². The summed E-state index contributed by atoms with van der Waals surface area (Å²) in [6, 6.07) is 13.6. The number of pyridine rings is 1. The molecule has 0 aliphatic carbocycles. The molecule has 28 heavy (non-hydrogen) atoms. The molecule has 3 aromatic heterocycles. The molecule has 142 valence electrons. The zero-order valence-electron chi connectivity index (χ0n) is 15.7. The molecule has 0 saturated carbocycles. The molecule has 0 fully saturated rings. The number of hydrogen-bond acceptors (Lipinski definition) is 3. The van der Waals surface area contributed by atoms with Crippen LogP contribution in [0.25, 0.3) is 11.3 Å². The monoisotopic (exact) mass is 393 g/mol. The van der Waals surface area contributed by atoms with Crippen LogP contribution >= 0.6 is 11.6 Å².